The van der Waals surface area contributed by atoms with Crippen molar-refractivity contribution >= 4 is 51.7 Å². The van der Waals surface area contributed by atoms with E-state index in [1.54, 1.807) is 12.1 Å². The minimum absolute atomic E-state index is 0.206. The van der Waals surface area contributed by atoms with Gasteiger partial charge < -0.3 is 19.9 Å². The summed E-state index contributed by atoms with van der Waals surface area (Å²) in [7, 11) is 0. The number of amides is 1. The normalized spacial score (nSPS) is 21.8. The van der Waals surface area contributed by atoms with Crippen molar-refractivity contribution in [1.82, 2.24) is 20.2 Å². The highest BCUT2D eigenvalue weighted by molar-refractivity contribution is 6.34. The number of fused-ring (bicyclic) bond motifs is 3. The van der Waals surface area contributed by atoms with Crippen LogP contribution in [0.4, 0.5) is 5.69 Å². The van der Waals surface area contributed by atoms with Gasteiger partial charge in [0.05, 0.1) is 53.6 Å². The van der Waals surface area contributed by atoms with Crippen molar-refractivity contribution in [3.8, 4) is 0 Å². The Balaban J connectivity index is 0.00000158. The molecule has 1 saturated carbocycles. The predicted molar refractivity (Wildman–Crippen MR) is 163 cm³/mol. The highest BCUT2D eigenvalue weighted by atomic mass is 35.5. The zero-order valence-electron chi connectivity index (χ0n) is 23.4. The molecule has 0 spiro atoms. The van der Waals surface area contributed by atoms with E-state index in [2.05, 4.69) is 25.1 Å². The van der Waals surface area contributed by atoms with Crippen LogP contribution in [0.1, 0.15) is 68.7 Å². The topological polar surface area (TPSA) is 85.8 Å². The Kier molecular flexibility index (Phi) is 9.31. The fourth-order valence-electron chi connectivity index (χ4n) is 5.78. The fourth-order valence-corrected chi connectivity index (χ4v) is 6.23. The van der Waals surface area contributed by atoms with Crippen LogP contribution in [0.15, 0.2) is 41.4 Å². The average Bonchev–Trinajstić information content (AvgIpc) is 3.39. The molecule has 3 atom stereocenters. The number of ether oxygens (including phenoxy) is 1. The number of carbonyl (C=O) groups excluding carboxylic acids is 1. The molecule has 10 heteroatoms. The van der Waals surface area contributed by atoms with E-state index in [0.29, 0.717) is 33.5 Å². The molecule has 3 aromatic rings. The Hall–Kier alpha value is -2.65. The lowest BCUT2D eigenvalue weighted by Crippen LogP contribution is -2.53. The molecule has 2 aromatic carbocycles. The second kappa shape index (κ2) is 12.9. The molecular weight excluding hydrogens is 547 g/mol. The molecule has 1 amide bonds. The van der Waals surface area contributed by atoms with Crippen LogP contribution >= 0.6 is 23.2 Å². The second-order valence-corrected chi connectivity index (χ2v) is 11.3. The lowest BCUT2D eigenvalue weighted by molar-refractivity contribution is 0.0449. The number of benzene rings is 2. The van der Waals surface area contributed by atoms with Crippen LogP contribution in [0, 0.1) is 0 Å². The molecule has 2 fully saturated rings. The molecule has 214 valence electrons. The van der Waals surface area contributed by atoms with Gasteiger partial charge in [-0.3, -0.25) is 14.7 Å². The molecule has 40 heavy (non-hydrogen) atoms. The van der Waals surface area contributed by atoms with Crippen molar-refractivity contribution in [2.45, 2.75) is 64.6 Å². The van der Waals surface area contributed by atoms with Gasteiger partial charge in [0, 0.05) is 29.7 Å². The first-order chi connectivity index (χ1) is 19.4. The first-order valence-corrected chi connectivity index (χ1v) is 15.1. The molecule has 3 unspecified atom stereocenters. The summed E-state index contributed by atoms with van der Waals surface area (Å²) in [6.07, 6.45) is 4.49. The van der Waals surface area contributed by atoms with E-state index in [1.807, 2.05) is 45.0 Å². The molecule has 1 aliphatic carbocycles. The third-order valence-corrected chi connectivity index (χ3v) is 8.29. The van der Waals surface area contributed by atoms with E-state index in [0.717, 1.165) is 74.7 Å². The van der Waals surface area contributed by atoms with Crippen molar-refractivity contribution in [3.63, 3.8) is 0 Å². The summed E-state index contributed by atoms with van der Waals surface area (Å²) in [5, 5.41) is 4.22. The van der Waals surface area contributed by atoms with Gasteiger partial charge in [-0.05, 0) is 69.0 Å². The van der Waals surface area contributed by atoms with Crippen LogP contribution in [-0.2, 0) is 4.74 Å². The number of amidine groups is 1. The summed E-state index contributed by atoms with van der Waals surface area (Å²) >= 11 is 13.0. The predicted octanol–water partition coefficient (Wildman–Crippen LogP) is 6.25. The summed E-state index contributed by atoms with van der Waals surface area (Å²) in [6.45, 7) is 10.0. The number of H-pyrrole nitrogens is 1. The maximum atomic E-state index is 13.1. The number of nitrogens with zero attached hydrogens (tertiary/aromatic N) is 4. The van der Waals surface area contributed by atoms with E-state index in [-0.39, 0.29) is 11.9 Å². The van der Waals surface area contributed by atoms with E-state index < -0.39 is 0 Å². The van der Waals surface area contributed by atoms with Crippen LogP contribution in [0.25, 0.3) is 11.0 Å². The number of rotatable bonds is 6. The number of aliphatic imine (C=N–C) groups is 1. The minimum atomic E-state index is -0.319. The first kappa shape index (κ1) is 28.9. The van der Waals surface area contributed by atoms with Crippen molar-refractivity contribution in [2.24, 2.45) is 4.99 Å². The number of nitrogens with one attached hydrogen (secondary N) is 2. The molecule has 2 bridgehead atoms. The van der Waals surface area contributed by atoms with Crippen molar-refractivity contribution in [3.05, 3.63) is 57.8 Å². The van der Waals surface area contributed by atoms with E-state index in [9.17, 15) is 4.79 Å². The van der Waals surface area contributed by atoms with Crippen LogP contribution in [0.2, 0.25) is 10.0 Å². The Bertz CT molecular complexity index is 1370. The number of aromatic nitrogens is 2. The molecule has 2 aliphatic heterocycles. The van der Waals surface area contributed by atoms with Gasteiger partial charge >= 0.3 is 0 Å². The SMILES string of the molecule is CC.CC(NC(=O)c1ccc(N2C(CN3CCOCC3)=NC3CCCC2C3)c(Cl)c1)c1nc2ccc(Cl)cc2[nH]1. The summed E-state index contributed by atoms with van der Waals surface area (Å²) in [5.41, 5.74) is 3.07. The lowest BCUT2D eigenvalue weighted by atomic mass is 9.88. The quantitative estimate of drug-likeness (QED) is 0.357. The van der Waals surface area contributed by atoms with Gasteiger partial charge in [-0.1, -0.05) is 37.0 Å². The Morgan fingerprint density at radius 2 is 1.95 bits per heavy atom. The highest BCUT2D eigenvalue weighted by Crippen LogP contribution is 2.37. The van der Waals surface area contributed by atoms with Gasteiger partial charge in [0.1, 0.15) is 11.7 Å². The largest absolute Gasteiger partial charge is 0.379 e. The minimum Gasteiger partial charge on any atom is -0.379 e. The molecule has 8 nitrogen and oxygen atoms in total. The van der Waals surface area contributed by atoms with Crippen LogP contribution < -0.4 is 10.2 Å². The third-order valence-electron chi connectivity index (χ3n) is 7.75. The summed E-state index contributed by atoms with van der Waals surface area (Å²) < 4.78 is 5.54. The molecule has 1 aromatic heterocycles. The molecule has 2 N–H and O–H groups in total. The molecule has 3 heterocycles. The fraction of sp³-hybridized carbons (Fsp3) is 0.500. The van der Waals surface area contributed by atoms with E-state index in [1.165, 1.54) is 6.42 Å². The van der Waals surface area contributed by atoms with Crippen LogP contribution in [-0.4, -0.2) is 71.5 Å². The van der Waals surface area contributed by atoms with Gasteiger partial charge in [-0.25, -0.2) is 4.98 Å². The molecule has 6 rings (SSSR count). The van der Waals surface area contributed by atoms with Crippen molar-refractivity contribution in [1.29, 1.82) is 0 Å². The molecule has 3 aliphatic rings. The van der Waals surface area contributed by atoms with Gasteiger partial charge in [0.2, 0.25) is 0 Å². The van der Waals surface area contributed by atoms with Crippen molar-refractivity contribution < 1.29 is 9.53 Å². The summed E-state index contributed by atoms with van der Waals surface area (Å²) in [4.78, 5) is 30.9. The summed E-state index contributed by atoms with van der Waals surface area (Å²) in [6, 6.07) is 11.5. The maximum Gasteiger partial charge on any atom is 0.251 e. The zero-order valence-corrected chi connectivity index (χ0v) is 24.9. The number of hydrogen-bond donors (Lipinski definition) is 2. The van der Waals surface area contributed by atoms with Crippen LogP contribution in [0.5, 0.6) is 0 Å². The van der Waals surface area contributed by atoms with Crippen LogP contribution in [0.3, 0.4) is 0 Å². The zero-order chi connectivity index (χ0) is 28.2. The molecular formula is C30H38Cl2N6O2. The second-order valence-electron chi connectivity index (χ2n) is 10.4. The van der Waals surface area contributed by atoms with Gasteiger partial charge in [-0.2, -0.15) is 0 Å². The maximum absolute atomic E-state index is 13.1. The number of carbonyl (C=O) groups is 1. The first-order valence-electron chi connectivity index (χ1n) is 14.4. The standard InChI is InChI=1S/C28H32Cl2N6O2.C2H6/c1-17(27-33-23-7-6-19(29)14-24(23)34-27)31-28(37)18-5-8-25(22(30)13-18)36-21-4-2-3-20(15-21)32-26(36)16-35-9-11-38-12-10-35;1-2/h5-8,13-14,17,20-21H,2-4,9-12,15-16H2,1H3,(H,31,37)(H,33,34);1-2H3. The van der Waals surface area contributed by atoms with E-state index >= 15 is 0 Å². The number of halogens is 2. The van der Waals surface area contributed by atoms with Gasteiger partial charge in [-0.15, -0.1) is 0 Å². The van der Waals surface area contributed by atoms with E-state index in [4.69, 9.17) is 32.9 Å². The number of aromatic amines is 1. The van der Waals surface area contributed by atoms with Gasteiger partial charge in [0.15, 0.2) is 0 Å². The number of hydrogen-bond acceptors (Lipinski definition) is 6. The Morgan fingerprint density at radius 3 is 2.73 bits per heavy atom. The molecule has 1 saturated heterocycles. The van der Waals surface area contributed by atoms with Crippen molar-refractivity contribution in [2.75, 3.05) is 37.7 Å². The molecule has 0 radical (unpaired) electrons. The monoisotopic (exact) mass is 584 g/mol. The Labute approximate surface area is 246 Å². The lowest BCUT2D eigenvalue weighted by Gasteiger charge is -2.44. The summed E-state index contributed by atoms with van der Waals surface area (Å²) in [5.74, 6) is 1.54. The number of imidazole rings is 1. The Morgan fingerprint density at radius 1 is 1.15 bits per heavy atom. The highest BCUT2D eigenvalue weighted by Gasteiger charge is 2.36. The number of morpholine rings is 1. The average molecular weight is 586 g/mol. The van der Waals surface area contributed by atoms with Gasteiger partial charge in [0.25, 0.3) is 5.91 Å². The number of anilines is 1. The smallest absolute Gasteiger partial charge is 0.251 e. The third kappa shape index (κ3) is 6.30.